The Labute approximate surface area is 859 Å². The summed E-state index contributed by atoms with van der Waals surface area (Å²) >= 11 is 3.27. The molecule has 25 N–H and O–H groups in total. The fourth-order valence-corrected chi connectivity index (χ4v) is 14.6. The van der Waals surface area contributed by atoms with Gasteiger partial charge in [-0.2, -0.15) is 39.9 Å². The van der Waals surface area contributed by atoms with Gasteiger partial charge in [0.25, 0.3) is 17.7 Å². The summed E-state index contributed by atoms with van der Waals surface area (Å²) in [6.45, 7) is 11.3. The second-order valence-electron chi connectivity index (χ2n) is 33.4. The predicted octanol–water partition coefficient (Wildman–Crippen LogP) is 7.91. The summed E-state index contributed by atoms with van der Waals surface area (Å²) in [6, 6.07) is 23.0. The largest absolute Gasteiger partial charge is 0.493 e. The molecule has 788 valence electrons. The Balaban J connectivity index is 0.000000313. The topological polar surface area (TPSA) is 752 Å². The van der Waals surface area contributed by atoms with E-state index in [1.54, 1.807) is 135 Å². The molecule has 12 aromatic rings. The fourth-order valence-electron chi connectivity index (χ4n) is 14.3. The molecule has 3 amide bonds. The molecule has 0 spiro atoms. The van der Waals surface area contributed by atoms with Crippen molar-refractivity contribution in [1.82, 2.24) is 111 Å². The van der Waals surface area contributed by atoms with Gasteiger partial charge >= 0.3 is 17.9 Å². The third kappa shape index (κ3) is 33.4. The molecule has 8 aromatic heterocycles. The molecule has 2 saturated heterocycles. The average Bonchev–Trinajstić information content (AvgIpc) is 0.802. The number of aliphatic carboxylic acids is 1. The molecule has 2 aliphatic heterocycles. The van der Waals surface area contributed by atoms with Gasteiger partial charge in [0, 0.05) is 29.2 Å². The Morgan fingerprint density at radius 3 is 1.15 bits per heavy atom. The second kappa shape index (κ2) is 57.3. The number of carbonyl (C=O) groups is 8. The van der Waals surface area contributed by atoms with Crippen LogP contribution in [-0.2, 0) is 85.6 Å². The maximum atomic E-state index is 14.0. The number of fused-ring (bicyclic) bond motifs is 4. The SMILES string of the molecule is C.C.C.CCC(C)(C)C(=O)C(=O)N1CCCC[C@H]1C(=O)O[C@H](CCc1ccc(OC)c(OC)c1)c1cccc(OCC(=O)NNCc2cnc3nc(N)nc(N)c3n2)c1.CCC(C)(C)C(=O)C(=O)N1CCCC[C@H]1C(=O)O[C@H](CCc1ccc(OC)c(OC)c1)c1cccc(OCC(=O)O)c1.NNCc1cnc2nc(N)nc(N)c2n1.NNCc1cnc2nc(N)nc(N)c2n1.Nc1nc(N)c2nc(CBr)cnc2n1.[2H]C#C. The molecular weight excluding hydrogens is 1970 g/mol. The highest BCUT2D eigenvalue weighted by molar-refractivity contribution is 9.08. The lowest BCUT2D eigenvalue weighted by molar-refractivity contribution is -0.165. The molecule has 14 rings (SSSR count). The Kier molecular flexibility index (Phi) is 45.9. The molecule has 10 heterocycles. The molecule has 0 unspecified atom stereocenters. The van der Waals surface area contributed by atoms with Crippen LogP contribution in [0, 0.1) is 23.7 Å². The fraction of sp³-hybridized carbons (Fsp3) is 0.402. The van der Waals surface area contributed by atoms with Crippen molar-refractivity contribution in [1.29, 1.82) is 0 Å². The molecule has 0 radical (unpaired) electrons. The molecule has 4 aromatic carbocycles. The standard InChI is InChI=1S/C39H49N9O8.C32H41NO9.C7H7BrN6.2C7H10N8.C2H2.3CH4/c1-6-39(2,3)33(50)36(51)48-17-8-7-12-27(48)37(52)56-28(15-13-23-14-16-29(53-4)30(18-23)54-5)24-10-9-11-26(19-24)55-22-31(49)47-43-21-25-20-42-35-32(44-25)34(40)45-38(41)46-35;1-6-32(2,3)29(36)30(37)33-17-8-7-12-24(33)31(38)42-25(22-10-9-11-23(19-22)41-20-28(34)35)15-13-21-14-16-26(39-4)27(18-21)40-5;8-1-3-2-11-6-4(12-3)5(9)13-7(10)14-6;2*8-5-4-6(15-7(9)14-5)11-1-3(13-4)2-12-10;1-2;;;/h9-11,14,16,18-20,27-28,43H,6-8,12-13,15,17,21-22H2,1-5H3,(H,47,49)(H4,40,41,42,45,46);9-11,14,16,18-19,24-25H,6-8,12-13,15,17,20H2,1-5H3,(H,34,35);2H,1H2,(H4,9,10,11,13,14);2*1,12H,2,10H2,(H4,8,9,11,14,15);1-2H;3*1H4/t27-,28+;24-,25+;;;;;;;/m00......./s1/i;;;;;1D;;;. The van der Waals surface area contributed by atoms with Gasteiger partial charge in [-0.1, -0.05) is 116 Å². The van der Waals surface area contributed by atoms with Gasteiger partial charge in [0.2, 0.25) is 35.4 Å². The zero-order chi connectivity index (χ0) is 106. The van der Waals surface area contributed by atoms with E-state index in [0.29, 0.717) is 192 Å². The first kappa shape index (κ1) is 118. The van der Waals surface area contributed by atoms with Gasteiger partial charge < -0.3 is 98.7 Å². The zero-order valence-electron chi connectivity index (χ0n) is 82.1. The first-order chi connectivity index (χ1) is 69.3. The molecule has 147 heavy (non-hydrogen) atoms. The smallest absolute Gasteiger partial charge is 0.341 e. The summed E-state index contributed by atoms with van der Waals surface area (Å²) in [6.07, 6.45) is 16.8. The lowest BCUT2D eigenvalue weighted by atomic mass is 9.84. The Hall–Kier alpha value is -16.2. The molecule has 49 nitrogen and oxygen atoms in total. The van der Waals surface area contributed by atoms with Gasteiger partial charge in [-0.3, -0.25) is 51.9 Å². The number of benzene rings is 4. The van der Waals surface area contributed by atoms with Gasteiger partial charge in [-0.25, -0.2) is 59.7 Å². The number of halogens is 1. The maximum Gasteiger partial charge on any atom is 0.341 e. The van der Waals surface area contributed by atoms with Gasteiger partial charge in [-0.05, 0) is 148 Å². The number of ketones is 2. The number of aryl methyl sites for hydroxylation is 2. The van der Waals surface area contributed by atoms with Crippen molar-refractivity contribution >= 4 is 155 Å². The number of nitrogen functional groups attached to an aromatic ring is 8. The van der Waals surface area contributed by atoms with Crippen LogP contribution in [-0.4, -0.2) is 209 Å². The summed E-state index contributed by atoms with van der Waals surface area (Å²) in [7, 11) is 6.23. The summed E-state index contributed by atoms with van der Waals surface area (Å²) in [5.74, 6) is 9.23. The van der Waals surface area contributed by atoms with Crippen LogP contribution in [0.5, 0.6) is 34.5 Å². The summed E-state index contributed by atoms with van der Waals surface area (Å²) in [5, 5.41) is 9.62. The van der Waals surface area contributed by atoms with E-state index in [4.69, 9.17) is 102 Å². The van der Waals surface area contributed by atoms with Crippen molar-refractivity contribution < 1.29 is 82.7 Å². The van der Waals surface area contributed by atoms with E-state index >= 15 is 0 Å². The number of hydrazine groups is 3. The van der Waals surface area contributed by atoms with Gasteiger partial charge in [0.15, 0.2) is 104 Å². The highest BCUT2D eigenvalue weighted by atomic mass is 79.9. The Morgan fingerprint density at radius 1 is 0.476 bits per heavy atom. The van der Waals surface area contributed by atoms with Crippen molar-refractivity contribution in [3.63, 3.8) is 0 Å². The number of amides is 3. The number of nitrogens with zero attached hydrogens (tertiary/aromatic N) is 18. The number of aromatic nitrogens is 16. The molecule has 0 bridgehead atoms. The van der Waals surface area contributed by atoms with Crippen LogP contribution >= 0.6 is 15.9 Å². The number of likely N-dealkylation sites (tertiary alicyclic amines) is 2. The van der Waals surface area contributed by atoms with Crippen LogP contribution in [0.25, 0.3) is 44.7 Å². The molecular formula is C97H131BrN32O17. The van der Waals surface area contributed by atoms with E-state index in [0.717, 1.165) is 23.2 Å². The van der Waals surface area contributed by atoms with E-state index in [9.17, 15) is 38.4 Å². The third-order valence-electron chi connectivity index (χ3n) is 22.7. The Bertz CT molecular complexity index is 6500. The number of carbonyl (C=O) groups excluding carboxylic acids is 7. The van der Waals surface area contributed by atoms with Crippen molar-refractivity contribution in [3.05, 3.63) is 155 Å². The number of methoxy groups -OCH3 is 4. The normalized spacial score (nSPS) is 13.4. The van der Waals surface area contributed by atoms with E-state index < -0.39 is 88.9 Å². The number of hydrogen-bond donors (Lipinski definition) is 15. The summed E-state index contributed by atoms with van der Waals surface area (Å²) < 4.78 is 50.8. The van der Waals surface area contributed by atoms with Crippen LogP contribution in [0.1, 0.15) is 187 Å². The number of nitrogens with two attached hydrogens (primary N) is 10. The van der Waals surface area contributed by atoms with Gasteiger partial charge in [-0.15, -0.1) is 12.8 Å². The van der Waals surface area contributed by atoms with E-state index in [-0.39, 0.29) is 100 Å². The molecule has 50 heteroatoms. The van der Waals surface area contributed by atoms with Crippen LogP contribution < -0.4 is 108 Å². The monoisotopic (exact) mass is 2100 g/mol. The van der Waals surface area contributed by atoms with E-state index in [2.05, 4.69) is 124 Å². The number of alkyl halides is 1. The van der Waals surface area contributed by atoms with E-state index in [1.807, 2.05) is 38.1 Å². The number of terminal acetylenes is 1. The first-order valence-electron chi connectivity index (χ1n) is 45.6. The maximum absolute atomic E-state index is 14.0. The minimum absolute atomic E-state index is 0. The van der Waals surface area contributed by atoms with Crippen LogP contribution in [0.15, 0.2) is 110 Å². The number of piperidine rings is 2. The summed E-state index contributed by atoms with van der Waals surface area (Å²) in [4.78, 5) is 171. The van der Waals surface area contributed by atoms with Crippen LogP contribution in [0.4, 0.5) is 47.1 Å². The van der Waals surface area contributed by atoms with Crippen LogP contribution in [0.3, 0.4) is 0 Å². The van der Waals surface area contributed by atoms with Crippen molar-refractivity contribution in [2.75, 3.05) is 101 Å². The second-order valence-corrected chi connectivity index (χ2v) is 33.9. The molecule has 2 aliphatic rings. The number of esters is 2. The molecule has 0 saturated carbocycles. The average molecular weight is 2100 g/mol. The third-order valence-corrected chi connectivity index (χ3v) is 23.2. The predicted molar refractivity (Wildman–Crippen MR) is 557 cm³/mol. The van der Waals surface area contributed by atoms with Crippen molar-refractivity contribution in [3.8, 4) is 47.3 Å². The first-order valence-corrected chi connectivity index (χ1v) is 46.2. The number of ether oxygens (including phenoxy) is 8. The van der Waals surface area contributed by atoms with Gasteiger partial charge in [0.1, 0.15) is 37.2 Å². The Morgan fingerprint density at radius 2 is 0.816 bits per heavy atom. The number of anilines is 8. The van der Waals surface area contributed by atoms with Crippen LogP contribution in [0.2, 0.25) is 0 Å². The minimum atomic E-state index is -1.11. The number of carboxylic acid groups (broad SMARTS) is 1. The lowest BCUT2D eigenvalue weighted by Gasteiger charge is -2.36. The highest BCUT2D eigenvalue weighted by Gasteiger charge is 2.44. The van der Waals surface area contributed by atoms with E-state index in [1.165, 1.54) is 22.4 Å². The van der Waals surface area contributed by atoms with Crippen molar-refractivity contribution in [2.45, 2.75) is 190 Å². The molecule has 4 atom stereocenters. The minimum Gasteiger partial charge on any atom is -0.493 e. The lowest BCUT2D eigenvalue weighted by Crippen LogP contribution is -2.53. The number of hydrogen-bond acceptors (Lipinski definition) is 45. The number of nitrogens with one attached hydrogen (secondary N) is 4. The molecule has 2 fully saturated rings. The number of carboxylic acids is 1. The highest BCUT2D eigenvalue weighted by Crippen LogP contribution is 2.37. The quantitative estimate of drug-likeness (QED) is 0.00443. The van der Waals surface area contributed by atoms with Gasteiger partial charge in [0.05, 0.1) is 95.6 Å². The summed E-state index contributed by atoms with van der Waals surface area (Å²) in [5.41, 5.74) is 61.9. The zero-order valence-corrected chi connectivity index (χ0v) is 82.7. The molecule has 0 aliphatic carbocycles. The van der Waals surface area contributed by atoms with Crippen molar-refractivity contribution in [2.24, 2.45) is 22.5 Å². The number of Topliss-reactive ketones (excluding diaryl/α,β-unsaturated/α-hetero) is 2. The number of rotatable bonds is 36.